The number of amides is 1. The first-order chi connectivity index (χ1) is 11.5. The molecule has 24 heavy (non-hydrogen) atoms. The van der Waals surface area contributed by atoms with Gasteiger partial charge in [-0.15, -0.1) is 0 Å². The molecule has 0 aliphatic rings. The van der Waals surface area contributed by atoms with Crippen LogP contribution in [0.25, 0.3) is 0 Å². The number of nitrogens with one attached hydrogen (secondary N) is 1. The van der Waals surface area contributed by atoms with Crippen molar-refractivity contribution in [3.8, 4) is 5.75 Å². The largest absolute Gasteiger partial charge is 0.435 e. The second kappa shape index (κ2) is 8.40. The van der Waals surface area contributed by atoms with Crippen LogP contribution in [0.3, 0.4) is 0 Å². The van der Waals surface area contributed by atoms with Gasteiger partial charge in [0.25, 0.3) is 0 Å². The lowest BCUT2D eigenvalue weighted by atomic mass is 10.0. The first-order valence-corrected chi connectivity index (χ1v) is 7.60. The van der Waals surface area contributed by atoms with E-state index >= 15 is 0 Å². The van der Waals surface area contributed by atoms with Crippen LogP contribution < -0.4 is 15.8 Å². The molecule has 128 valence electrons. The van der Waals surface area contributed by atoms with Gasteiger partial charge in [0, 0.05) is 0 Å². The van der Waals surface area contributed by atoms with Gasteiger partial charge in [0.2, 0.25) is 5.91 Å². The van der Waals surface area contributed by atoms with Crippen LogP contribution in [-0.4, -0.2) is 18.6 Å². The molecule has 2 aromatic rings. The second-order valence-electron chi connectivity index (χ2n) is 5.48. The van der Waals surface area contributed by atoms with E-state index in [4.69, 9.17) is 5.73 Å². The summed E-state index contributed by atoms with van der Waals surface area (Å²) in [6, 6.07) is 14.6. The van der Waals surface area contributed by atoms with Gasteiger partial charge in [0.1, 0.15) is 5.75 Å². The van der Waals surface area contributed by atoms with Gasteiger partial charge in [-0.2, -0.15) is 8.78 Å². The van der Waals surface area contributed by atoms with Gasteiger partial charge in [-0.3, -0.25) is 4.79 Å². The minimum atomic E-state index is -2.88. The zero-order chi connectivity index (χ0) is 17.5. The number of alkyl halides is 2. The number of halogens is 2. The average molecular weight is 334 g/mol. The van der Waals surface area contributed by atoms with Crippen molar-refractivity contribution in [2.45, 2.75) is 32.0 Å². The minimum absolute atomic E-state index is 0.0529. The fourth-order valence-electron chi connectivity index (χ4n) is 2.32. The third-order valence-corrected chi connectivity index (χ3v) is 3.58. The van der Waals surface area contributed by atoms with E-state index in [2.05, 4.69) is 10.1 Å². The Bertz CT molecular complexity index is 665. The molecular formula is C18H20F2N2O2. The highest BCUT2D eigenvalue weighted by atomic mass is 19.3. The molecule has 2 atom stereocenters. The summed E-state index contributed by atoms with van der Waals surface area (Å²) in [4.78, 5) is 12.2. The molecule has 6 heteroatoms. The number of benzene rings is 2. The van der Waals surface area contributed by atoms with Crippen molar-refractivity contribution < 1.29 is 18.3 Å². The molecule has 0 radical (unpaired) electrons. The van der Waals surface area contributed by atoms with Gasteiger partial charge in [-0.1, -0.05) is 42.5 Å². The average Bonchev–Trinajstić information content (AvgIpc) is 2.55. The van der Waals surface area contributed by atoms with Gasteiger partial charge >= 0.3 is 6.61 Å². The van der Waals surface area contributed by atoms with Crippen LogP contribution in [0.4, 0.5) is 8.78 Å². The highest BCUT2D eigenvalue weighted by molar-refractivity contribution is 5.82. The summed E-state index contributed by atoms with van der Waals surface area (Å²) in [7, 11) is 0. The molecule has 0 aliphatic carbocycles. The number of nitrogens with two attached hydrogens (primary N) is 1. The fourth-order valence-corrected chi connectivity index (χ4v) is 2.32. The Morgan fingerprint density at radius 3 is 2.54 bits per heavy atom. The minimum Gasteiger partial charge on any atom is -0.435 e. The smallest absolute Gasteiger partial charge is 0.387 e. The van der Waals surface area contributed by atoms with Crippen molar-refractivity contribution in [2.24, 2.45) is 5.73 Å². The number of rotatable bonds is 7. The van der Waals surface area contributed by atoms with E-state index in [1.807, 2.05) is 30.3 Å². The van der Waals surface area contributed by atoms with E-state index < -0.39 is 12.7 Å². The Hall–Kier alpha value is -2.47. The maximum atomic E-state index is 12.3. The van der Waals surface area contributed by atoms with Gasteiger partial charge in [0.05, 0.1) is 12.1 Å². The molecule has 0 spiro atoms. The number of carbonyl (C=O) groups excluding carboxylic acids is 1. The lowest BCUT2D eigenvalue weighted by molar-refractivity contribution is -0.123. The van der Waals surface area contributed by atoms with Crippen LogP contribution >= 0.6 is 0 Å². The zero-order valence-corrected chi connectivity index (χ0v) is 13.3. The predicted molar refractivity (Wildman–Crippen MR) is 87.8 cm³/mol. The van der Waals surface area contributed by atoms with Crippen molar-refractivity contribution in [3.63, 3.8) is 0 Å². The molecule has 0 aromatic heterocycles. The van der Waals surface area contributed by atoms with Crippen molar-refractivity contribution in [2.75, 3.05) is 0 Å². The number of hydrogen-bond donors (Lipinski definition) is 2. The molecule has 0 aliphatic heterocycles. The Balaban J connectivity index is 1.95. The van der Waals surface area contributed by atoms with E-state index in [1.165, 1.54) is 12.1 Å². The summed E-state index contributed by atoms with van der Waals surface area (Å²) in [5.41, 5.74) is 7.57. The fraction of sp³-hybridized carbons (Fsp3) is 0.278. The van der Waals surface area contributed by atoms with E-state index in [1.54, 1.807) is 19.1 Å². The third-order valence-electron chi connectivity index (χ3n) is 3.58. The summed E-state index contributed by atoms with van der Waals surface area (Å²) >= 11 is 0. The van der Waals surface area contributed by atoms with Crippen molar-refractivity contribution in [1.29, 1.82) is 0 Å². The summed E-state index contributed by atoms with van der Waals surface area (Å²) in [5, 5.41) is 2.79. The van der Waals surface area contributed by atoms with E-state index in [0.717, 1.165) is 5.56 Å². The molecule has 0 saturated carbocycles. The molecule has 4 nitrogen and oxygen atoms in total. The highest BCUT2D eigenvalue weighted by Crippen LogP contribution is 2.20. The lowest BCUT2D eigenvalue weighted by Gasteiger charge is -2.18. The molecule has 0 heterocycles. The lowest BCUT2D eigenvalue weighted by Crippen LogP contribution is -2.42. The van der Waals surface area contributed by atoms with Crippen LogP contribution in [0.2, 0.25) is 0 Å². The standard InChI is InChI=1S/C18H20F2N2O2/c1-12(14-8-5-9-15(11-14)24-18(19)20)22-17(23)16(21)10-13-6-3-2-4-7-13/h2-9,11-12,16,18H,10,21H2,1H3,(H,22,23). The molecule has 0 fully saturated rings. The maximum absolute atomic E-state index is 12.3. The van der Waals surface area contributed by atoms with Gasteiger partial charge in [0.15, 0.2) is 0 Å². The monoisotopic (exact) mass is 334 g/mol. The molecule has 1 amide bonds. The summed E-state index contributed by atoms with van der Waals surface area (Å²) in [6.07, 6.45) is 0.425. The van der Waals surface area contributed by atoms with E-state index in [0.29, 0.717) is 12.0 Å². The number of hydrogen-bond acceptors (Lipinski definition) is 3. The van der Waals surface area contributed by atoms with Crippen LogP contribution in [0, 0.1) is 0 Å². The molecule has 3 N–H and O–H groups in total. The van der Waals surface area contributed by atoms with Crippen LogP contribution in [0.5, 0.6) is 5.75 Å². The Morgan fingerprint density at radius 1 is 1.17 bits per heavy atom. The van der Waals surface area contributed by atoms with Crippen LogP contribution in [-0.2, 0) is 11.2 Å². The third kappa shape index (κ3) is 5.31. The number of carbonyl (C=O) groups is 1. The molecule has 0 saturated heterocycles. The summed E-state index contributed by atoms with van der Waals surface area (Å²) in [5.74, 6) is -0.247. The molecule has 0 bridgehead atoms. The van der Waals surface area contributed by atoms with E-state index in [9.17, 15) is 13.6 Å². The van der Waals surface area contributed by atoms with Gasteiger partial charge < -0.3 is 15.8 Å². The maximum Gasteiger partial charge on any atom is 0.387 e. The van der Waals surface area contributed by atoms with Gasteiger partial charge in [-0.25, -0.2) is 0 Å². The Labute approximate surface area is 139 Å². The van der Waals surface area contributed by atoms with Crippen LogP contribution in [0.15, 0.2) is 54.6 Å². The topological polar surface area (TPSA) is 64.4 Å². The Morgan fingerprint density at radius 2 is 1.88 bits per heavy atom. The molecule has 2 rings (SSSR count). The van der Waals surface area contributed by atoms with Crippen molar-refractivity contribution >= 4 is 5.91 Å². The molecule has 2 aromatic carbocycles. The Kier molecular flexibility index (Phi) is 6.26. The summed E-state index contributed by atoms with van der Waals surface area (Å²) in [6.45, 7) is -1.13. The summed E-state index contributed by atoms with van der Waals surface area (Å²) < 4.78 is 28.9. The first-order valence-electron chi connectivity index (χ1n) is 7.60. The van der Waals surface area contributed by atoms with Crippen molar-refractivity contribution in [1.82, 2.24) is 5.32 Å². The van der Waals surface area contributed by atoms with E-state index in [-0.39, 0.29) is 17.7 Å². The predicted octanol–water partition coefficient (Wildman–Crippen LogP) is 3.04. The molecule has 2 unspecified atom stereocenters. The van der Waals surface area contributed by atoms with Gasteiger partial charge in [-0.05, 0) is 36.6 Å². The number of ether oxygens (including phenoxy) is 1. The normalized spacial score (nSPS) is 13.4. The van der Waals surface area contributed by atoms with Crippen LogP contribution in [0.1, 0.15) is 24.1 Å². The quantitative estimate of drug-likeness (QED) is 0.818. The highest BCUT2D eigenvalue weighted by Gasteiger charge is 2.17. The van der Waals surface area contributed by atoms with Crippen molar-refractivity contribution in [3.05, 3.63) is 65.7 Å². The zero-order valence-electron chi connectivity index (χ0n) is 13.3. The second-order valence-corrected chi connectivity index (χ2v) is 5.48. The molecular weight excluding hydrogens is 314 g/mol. The SMILES string of the molecule is CC(NC(=O)C(N)Cc1ccccc1)c1cccc(OC(F)F)c1. The first kappa shape index (κ1) is 17.9.